The van der Waals surface area contributed by atoms with Gasteiger partial charge in [-0.1, -0.05) is 60.2 Å². The van der Waals surface area contributed by atoms with Gasteiger partial charge in [-0.2, -0.15) is 0 Å². The summed E-state index contributed by atoms with van der Waals surface area (Å²) in [6.45, 7) is 5.95. The second-order valence-corrected chi connectivity index (χ2v) is 8.05. The third kappa shape index (κ3) is 5.35. The summed E-state index contributed by atoms with van der Waals surface area (Å²) >= 11 is 0. The smallest absolute Gasteiger partial charge is 0.224 e. The Morgan fingerprint density at radius 1 is 1.00 bits per heavy atom. The van der Waals surface area contributed by atoms with Crippen LogP contribution in [-0.4, -0.2) is 28.6 Å². The predicted octanol–water partition coefficient (Wildman–Crippen LogP) is 4.63. The number of carbonyl (C=O) groups excluding carboxylic acids is 1. The molecule has 0 spiro atoms. The fourth-order valence-corrected chi connectivity index (χ4v) is 3.93. The van der Waals surface area contributed by atoms with E-state index in [1.807, 2.05) is 54.6 Å². The minimum absolute atomic E-state index is 0.0250. The molecule has 0 fully saturated rings. The van der Waals surface area contributed by atoms with Crippen molar-refractivity contribution in [2.24, 2.45) is 0 Å². The highest BCUT2D eigenvalue weighted by atomic mass is 16.5. The molecule has 0 aliphatic carbocycles. The van der Waals surface area contributed by atoms with Crippen LogP contribution < -0.4 is 10.1 Å². The third-order valence-electron chi connectivity index (χ3n) is 5.51. The van der Waals surface area contributed by atoms with Gasteiger partial charge in [-0.05, 0) is 43.2 Å². The fourth-order valence-electron chi connectivity index (χ4n) is 3.93. The van der Waals surface area contributed by atoms with E-state index < -0.39 is 0 Å². The first-order valence-corrected chi connectivity index (χ1v) is 11.0. The molecule has 1 amide bonds. The molecule has 1 aromatic heterocycles. The predicted molar refractivity (Wildman–Crippen MR) is 128 cm³/mol. The summed E-state index contributed by atoms with van der Waals surface area (Å²) in [5.74, 6) is 1.89. The van der Waals surface area contributed by atoms with Crippen LogP contribution in [0, 0.1) is 13.8 Å². The molecule has 0 aliphatic rings. The number of carbonyl (C=O) groups is 1. The highest BCUT2D eigenvalue weighted by Gasteiger charge is 2.11. The second kappa shape index (κ2) is 10.1. The monoisotopic (exact) mass is 427 g/mol. The van der Waals surface area contributed by atoms with Crippen LogP contribution in [0.25, 0.3) is 11.0 Å². The molecule has 32 heavy (non-hydrogen) atoms. The molecule has 1 heterocycles. The first-order valence-electron chi connectivity index (χ1n) is 11.0. The number of para-hydroxylation sites is 2. The van der Waals surface area contributed by atoms with Crippen LogP contribution in [0.2, 0.25) is 0 Å². The number of benzene rings is 3. The Labute approximate surface area is 189 Å². The standard InChI is InChI=1S/C27H29N3O2/c1-20-12-13-25(21(2)18-20)32-17-16-30-24-11-7-6-10-23(24)29-26(30)14-15-28-27(31)19-22-8-4-3-5-9-22/h3-13,18H,14-17,19H2,1-2H3,(H,28,31). The summed E-state index contributed by atoms with van der Waals surface area (Å²) in [6.07, 6.45) is 1.06. The van der Waals surface area contributed by atoms with Gasteiger partial charge in [0.25, 0.3) is 0 Å². The highest BCUT2D eigenvalue weighted by molar-refractivity contribution is 5.78. The van der Waals surface area contributed by atoms with Crippen molar-refractivity contribution in [3.63, 3.8) is 0 Å². The lowest BCUT2D eigenvalue weighted by atomic mass is 10.1. The summed E-state index contributed by atoms with van der Waals surface area (Å²) in [7, 11) is 0. The molecule has 3 aromatic carbocycles. The second-order valence-electron chi connectivity index (χ2n) is 8.05. The number of rotatable bonds is 9. The van der Waals surface area contributed by atoms with Crippen molar-refractivity contribution in [2.45, 2.75) is 33.2 Å². The molecular formula is C27H29N3O2. The number of aryl methyl sites for hydroxylation is 2. The van der Waals surface area contributed by atoms with E-state index in [4.69, 9.17) is 9.72 Å². The zero-order chi connectivity index (χ0) is 22.3. The summed E-state index contributed by atoms with van der Waals surface area (Å²) in [4.78, 5) is 17.1. The van der Waals surface area contributed by atoms with Gasteiger partial charge in [-0.15, -0.1) is 0 Å². The van der Waals surface area contributed by atoms with Crippen molar-refractivity contribution in [1.82, 2.24) is 14.9 Å². The summed E-state index contributed by atoms with van der Waals surface area (Å²) < 4.78 is 8.26. The third-order valence-corrected chi connectivity index (χ3v) is 5.51. The van der Waals surface area contributed by atoms with E-state index in [9.17, 15) is 4.79 Å². The van der Waals surface area contributed by atoms with Gasteiger partial charge < -0.3 is 14.6 Å². The molecular weight excluding hydrogens is 398 g/mol. The summed E-state index contributed by atoms with van der Waals surface area (Å²) in [6, 6.07) is 24.1. The highest BCUT2D eigenvalue weighted by Crippen LogP contribution is 2.20. The zero-order valence-corrected chi connectivity index (χ0v) is 18.7. The van der Waals surface area contributed by atoms with Crippen LogP contribution in [0.3, 0.4) is 0 Å². The van der Waals surface area contributed by atoms with E-state index in [1.165, 1.54) is 5.56 Å². The van der Waals surface area contributed by atoms with Crippen molar-refractivity contribution < 1.29 is 9.53 Å². The average Bonchev–Trinajstić information content (AvgIpc) is 3.13. The maximum atomic E-state index is 12.3. The number of nitrogens with zero attached hydrogens (tertiary/aromatic N) is 2. The van der Waals surface area contributed by atoms with E-state index in [-0.39, 0.29) is 5.91 Å². The zero-order valence-electron chi connectivity index (χ0n) is 18.7. The summed E-state index contributed by atoms with van der Waals surface area (Å²) in [5, 5.41) is 3.02. The lowest BCUT2D eigenvalue weighted by Gasteiger charge is -2.13. The minimum atomic E-state index is 0.0250. The van der Waals surface area contributed by atoms with Crippen LogP contribution in [0.1, 0.15) is 22.5 Å². The maximum Gasteiger partial charge on any atom is 0.224 e. The molecule has 0 radical (unpaired) electrons. The van der Waals surface area contributed by atoms with Crippen LogP contribution in [0.5, 0.6) is 5.75 Å². The molecule has 0 aliphatic heterocycles. The van der Waals surface area contributed by atoms with E-state index in [0.717, 1.165) is 33.7 Å². The quantitative estimate of drug-likeness (QED) is 0.424. The normalized spacial score (nSPS) is 10.9. The van der Waals surface area contributed by atoms with Crippen molar-refractivity contribution in [3.8, 4) is 5.75 Å². The molecule has 5 heteroatoms. The Morgan fingerprint density at radius 2 is 1.78 bits per heavy atom. The molecule has 0 bridgehead atoms. The number of imidazole rings is 1. The number of aromatic nitrogens is 2. The van der Waals surface area contributed by atoms with Crippen LogP contribution in [0.15, 0.2) is 72.8 Å². The average molecular weight is 428 g/mol. The van der Waals surface area contributed by atoms with Crippen molar-refractivity contribution in [3.05, 3.63) is 95.3 Å². The molecule has 164 valence electrons. The van der Waals surface area contributed by atoms with Crippen LogP contribution in [0.4, 0.5) is 0 Å². The van der Waals surface area contributed by atoms with E-state index in [2.05, 4.69) is 41.9 Å². The van der Waals surface area contributed by atoms with Crippen molar-refractivity contribution >= 4 is 16.9 Å². The topological polar surface area (TPSA) is 56.1 Å². The Morgan fingerprint density at radius 3 is 2.59 bits per heavy atom. The number of amides is 1. The van der Waals surface area contributed by atoms with Crippen molar-refractivity contribution in [2.75, 3.05) is 13.2 Å². The molecule has 5 nitrogen and oxygen atoms in total. The van der Waals surface area contributed by atoms with Gasteiger partial charge in [0.05, 0.1) is 24.0 Å². The minimum Gasteiger partial charge on any atom is -0.491 e. The van der Waals surface area contributed by atoms with Gasteiger partial charge >= 0.3 is 0 Å². The number of fused-ring (bicyclic) bond motifs is 1. The number of ether oxygens (including phenoxy) is 1. The van der Waals surface area contributed by atoms with Crippen molar-refractivity contribution in [1.29, 1.82) is 0 Å². The lowest BCUT2D eigenvalue weighted by molar-refractivity contribution is -0.120. The molecule has 0 saturated carbocycles. The van der Waals surface area contributed by atoms with E-state index in [0.29, 0.717) is 32.5 Å². The van der Waals surface area contributed by atoms with Gasteiger partial charge in [0.1, 0.15) is 18.2 Å². The number of hydrogen-bond acceptors (Lipinski definition) is 3. The number of nitrogens with one attached hydrogen (secondary N) is 1. The largest absolute Gasteiger partial charge is 0.491 e. The molecule has 0 atom stereocenters. The Balaban J connectivity index is 1.39. The molecule has 4 aromatic rings. The Bertz CT molecular complexity index is 1200. The van der Waals surface area contributed by atoms with Gasteiger partial charge in [0, 0.05) is 13.0 Å². The molecule has 1 N–H and O–H groups in total. The summed E-state index contributed by atoms with van der Waals surface area (Å²) in [5.41, 5.74) is 5.43. The number of hydrogen-bond donors (Lipinski definition) is 1. The van der Waals surface area contributed by atoms with Gasteiger partial charge in [-0.3, -0.25) is 4.79 Å². The Kier molecular flexibility index (Phi) is 6.85. The van der Waals surface area contributed by atoms with E-state index in [1.54, 1.807) is 0 Å². The fraction of sp³-hybridized carbons (Fsp3) is 0.259. The van der Waals surface area contributed by atoms with Gasteiger partial charge in [0.15, 0.2) is 0 Å². The maximum absolute atomic E-state index is 12.3. The first kappa shape index (κ1) is 21.6. The SMILES string of the molecule is Cc1ccc(OCCn2c(CCNC(=O)Cc3ccccc3)nc3ccccc32)c(C)c1. The van der Waals surface area contributed by atoms with Gasteiger partial charge in [-0.25, -0.2) is 4.98 Å². The molecule has 0 saturated heterocycles. The Hall–Kier alpha value is -3.60. The van der Waals surface area contributed by atoms with Gasteiger partial charge in [0.2, 0.25) is 5.91 Å². The van der Waals surface area contributed by atoms with Crippen LogP contribution in [-0.2, 0) is 24.2 Å². The lowest BCUT2D eigenvalue weighted by Crippen LogP contribution is -2.28. The van der Waals surface area contributed by atoms with E-state index >= 15 is 0 Å². The first-order chi connectivity index (χ1) is 15.6. The molecule has 4 rings (SSSR count). The van der Waals surface area contributed by atoms with Crippen LogP contribution >= 0.6 is 0 Å². The molecule has 0 unspecified atom stereocenters.